The van der Waals surface area contributed by atoms with Gasteiger partial charge in [-0.1, -0.05) is 41.4 Å². The Morgan fingerprint density at radius 3 is 2.62 bits per heavy atom. The first-order valence-electron chi connectivity index (χ1n) is 10.3. The molecule has 0 amide bonds. The van der Waals surface area contributed by atoms with Crippen LogP contribution in [0.1, 0.15) is 17.5 Å². The summed E-state index contributed by atoms with van der Waals surface area (Å²) in [6.45, 7) is 2.44. The van der Waals surface area contributed by atoms with Gasteiger partial charge in [-0.3, -0.25) is 4.18 Å². The number of imidazole rings is 1. The molecule has 7 nitrogen and oxygen atoms in total. The molecule has 0 aliphatic carbocycles. The maximum absolute atomic E-state index is 12.5. The van der Waals surface area contributed by atoms with Crippen molar-refractivity contribution in [1.82, 2.24) is 9.55 Å². The molecule has 2 atom stereocenters. The highest BCUT2D eigenvalue weighted by Crippen LogP contribution is 2.31. The van der Waals surface area contributed by atoms with Crippen LogP contribution in [-0.2, 0) is 36.7 Å². The van der Waals surface area contributed by atoms with Crippen LogP contribution >= 0.6 is 11.6 Å². The second-order valence-electron chi connectivity index (χ2n) is 7.87. The van der Waals surface area contributed by atoms with Gasteiger partial charge in [0.25, 0.3) is 10.1 Å². The molecule has 0 bridgehead atoms. The Kier molecular flexibility index (Phi) is 6.97. The maximum Gasteiger partial charge on any atom is 0.297 e. The molecule has 2 heterocycles. The van der Waals surface area contributed by atoms with Crippen LogP contribution in [0.3, 0.4) is 0 Å². The van der Waals surface area contributed by atoms with Gasteiger partial charge in [-0.05, 0) is 43.2 Å². The van der Waals surface area contributed by atoms with Crippen LogP contribution in [0.25, 0.3) is 0 Å². The molecule has 0 spiro atoms. The zero-order chi connectivity index (χ0) is 22.6. The molecule has 3 aromatic rings. The van der Waals surface area contributed by atoms with Crippen LogP contribution in [0.4, 0.5) is 0 Å². The summed E-state index contributed by atoms with van der Waals surface area (Å²) in [5.41, 5.74) is 2.08. The zero-order valence-corrected chi connectivity index (χ0v) is 19.3. The quantitative estimate of drug-likeness (QED) is 0.434. The molecule has 1 saturated heterocycles. The second kappa shape index (κ2) is 9.72. The Morgan fingerprint density at radius 2 is 1.94 bits per heavy atom. The highest BCUT2D eigenvalue weighted by atomic mass is 35.5. The van der Waals surface area contributed by atoms with Gasteiger partial charge in [0.1, 0.15) is 6.10 Å². The third-order valence-corrected chi connectivity index (χ3v) is 6.87. The van der Waals surface area contributed by atoms with E-state index >= 15 is 0 Å². The van der Waals surface area contributed by atoms with E-state index in [9.17, 15) is 8.42 Å². The van der Waals surface area contributed by atoms with Crippen molar-refractivity contribution in [2.45, 2.75) is 43.1 Å². The molecule has 1 aliphatic rings. The van der Waals surface area contributed by atoms with Crippen molar-refractivity contribution >= 4 is 21.7 Å². The van der Waals surface area contributed by atoms with Gasteiger partial charge in [0.05, 0.1) is 31.0 Å². The highest BCUT2D eigenvalue weighted by molar-refractivity contribution is 7.86. The summed E-state index contributed by atoms with van der Waals surface area (Å²) < 4.78 is 44.5. The summed E-state index contributed by atoms with van der Waals surface area (Å²) >= 11 is 5.98. The van der Waals surface area contributed by atoms with E-state index in [2.05, 4.69) is 4.98 Å². The predicted octanol–water partition coefficient (Wildman–Crippen LogP) is 3.99. The van der Waals surface area contributed by atoms with Gasteiger partial charge in [-0.25, -0.2) is 4.98 Å². The molecular weight excluding hydrogens is 452 g/mol. The summed E-state index contributed by atoms with van der Waals surface area (Å²) in [5.74, 6) is -0.915. The number of benzene rings is 2. The van der Waals surface area contributed by atoms with Crippen molar-refractivity contribution in [3.8, 4) is 0 Å². The van der Waals surface area contributed by atoms with Crippen molar-refractivity contribution in [1.29, 1.82) is 0 Å². The number of aromatic nitrogens is 2. The van der Waals surface area contributed by atoms with Crippen LogP contribution < -0.4 is 0 Å². The second-order valence-corrected chi connectivity index (χ2v) is 9.93. The lowest BCUT2D eigenvalue weighted by atomic mass is 10.0. The third kappa shape index (κ3) is 5.76. The molecule has 0 N–H and O–H groups in total. The molecule has 0 radical (unpaired) electrons. The number of hydrogen-bond donors (Lipinski definition) is 0. The van der Waals surface area contributed by atoms with Crippen LogP contribution in [0.5, 0.6) is 0 Å². The number of rotatable bonds is 9. The summed E-state index contributed by atoms with van der Waals surface area (Å²) in [7, 11) is -3.87. The van der Waals surface area contributed by atoms with Crippen molar-refractivity contribution in [3.05, 3.63) is 83.4 Å². The first-order valence-corrected chi connectivity index (χ1v) is 12.1. The number of hydrogen-bond acceptors (Lipinski definition) is 6. The minimum Gasteiger partial charge on any atom is -0.345 e. The van der Waals surface area contributed by atoms with Crippen LogP contribution in [0, 0.1) is 6.92 Å². The molecule has 2 aromatic carbocycles. The topological polar surface area (TPSA) is 79.7 Å². The molecule has 9 heteroatoms. The fraction of sp³-hybridized carbons (Fsp3) is 0.348. The van der Waals surface area contributed by atoms with Gasteiger partial charge in [0.15, 0.2) is 5.79 Å². The van der Waals surface area contributed by atoms with Crippen molar-refractivity contribution in [2.75, 3.05) is 13.2 Å². The average Bonchev–Trinajstić information content (AvgIpc) is 3.43. The molecule has 32 heavy (non-hydrogen) atoms. The Balaban J connectivity index is 1.42. The molecule has 0 saturated carbocycles. The van der Waals surface area contributed by atoms with Crippen LogP contribution in [0.15, 0.2) is 72.1 Å². The Hall–Kier alpha value is -2.23. The summed E-state index contributed by atoms with van der Waals surface area (Å²) in [4.78, 5) is 4.20. The van der Waals surface area contributed by atoms with Gasteiger partial charge in [-0.2, -0.15) is 8.42 Å². The SMILES string of the molecule is Cc1ccc(S(=O)(=O)OC[C@@H]2COC(CCc3ccc(Cl)cc3)(Cn3ccnc3)O2)cc1. The minimum atomic E-state index is -3.87. The molecule has 1 aromatic heterocycles. The van der Waals surface area contributed by atoms with Crippen LogP contribution in [-0.4, -0.2) is 43.1 Å². The van der Waals surface area contributed by atoms with Crippen molar-refractivity contribution in [3.63, 3.8) is 0 Å². The Labute approximate surface area is 193 Å². The highest BCUT2D eigenvalue weighted by Gasteiger charge is 2.42. The normalized spacial score (nSPS) is 21.1. The fourth-order valence-corrected chi connectivity index (χ4v) is 4.64. The van der Waals surface area contributed by atoms with E-state index in [4.69, 9.17) is 25.3 Å². The van der Waals surface area contributed by atoms with Gasteiger partial charge < -0.3 is 14.0 Å². The summed E-state index contributed by atoms with van der Waals surface area (Å²) in [6.07, 6.45) is 6.00. The monoisotopic (exact) mass is 476 g/mol. The molecule has 1 unspecified atom stereocenters. The van der Waals surface area contributed by atoms with E-state index in [1.807, 2.05) is 42.0 Å². The average molecular weight is 477 g/mol. The van der Waals surface area contributed by atoms with Crippen molar-refractivity contribution < 1.29 is 22.1 Å². The molecule has 1 fully saturated rings. The first-order chi connectivity index (χ1) is 15.3. The Morgan fingerprint density at radius 1 is 1.19 bits per heavy atom. The predicted molar refractivity (Wildman–Crippen MR) is 120 cm³/mol. The van der Waals surface area contributed by atoms with E-state index in [-0.39, 0.29) is 18.1 Å². The standard InChI is InChI=1S/C23H25ClN2O5S/c1-18-2-8-22(9-3-18)32(27,28)30-15-21-14-29-23(31-21,16-26-13-12-25-17-26)11-10-19-4-6-20(24)7-5-19/h2-9,12-13,17,21H,10-11,14-16H2,1H3/t21-,23?/m0/s1. The molecule has 170 valence electrons. The number of nitrogens with zero attached hydrogens (tertiary/aromatic N) is 2. The molecule has 1 aliphatic heterocycles. The summed E-state index contributed by atoms with van der Waals surface area (Å²) in [6, 6.07) is 14.2. The summed E-state index contributed by atoms with van der Waals surface area (Å²) in [5, 5.41) is 0.683. The van der Waals surface area contributed by atoms with E-state index in [1.165, 1.54) is 12.1 Å². The smallest absolute Gasteiger partial charge is 0.297 e. The number of ether oxygens (including phenoxy) is 2. The minimum absolute atomic E-state index is 0.120. The maximum atomic E-state index is 12.5. The van der Waals surface area contributed by atoms with E-state index in [0.717, 1.165) is 11.1 Å². The number of halogens is 1. The zero-order valence-electron chi connectivity index (χ0n) is 17.7. The lowest BCUT2D eigenvalue weighted by molar-refractivity contribution is -0.184. The van der Waals surface area contributed by atoms with Gasteiger partial charge in [0.2, 0.25) is 0 Å². The van der Waals surface area contributed by atoms with E-state index < -0.39 is 22.0 Å². The van der Waals surface area contributed by atoms with E-state index in [1.54, 1.807) is 24.7 Å². The lowest BCUT2D eigenvalue weighted by Gasteiger charge is -2.28. The van der Waals surface area contributed by atoms with Gasteiger partial charge in [-0.15, -0.1) is 0 Å². The van der Waals surface area contributed by atoms with Gasteiger partial charge in [0, 0.05) is 23.8 Å². The third-order valence-electron chi connectivity index (χ3n) is 5.32. The number of aryl methyl sites for hydroxylation is 2. The lowest BCUT2D eigenvalue weighted by Crippen LogP contribution is -2.37. The molecular formula is C23H25ClN2O5S. The van der Waals surface area contributed by atoms with Crippen molar-refractivity contribution in [2.24, 2.45) is 0 Å². The Bertz CT molecular complexity index is 1120. The largest absolute Gasteiger partial charge is 0.345 e. The molecule has 4 rings (SSSR count). The van der Waals surface area contributed by atoms with Crippen LogP contribution in [0.2, 0.25) is 5.02 Å². The fourth-order valence-electron chi connectivity index (χ4n) is 3.57. The first kappa shape index (κ1) is 22.9. The van der Waals surface area contributed by atoms with Gasteiger partial charge >= 0.3 is 0 Å². The van der Waals surface area contributed by atoms with E-state index in [0.29, 0.717) is 24.4 Å².